The summed E-state index contributed by atoms with van der Waals surface area (Å²) in [6.45, 7) is 0. The summed E-state index contributed by atoms with van der Waals surface area (Å²) in [7, 11) is -0.607. The van der Waals surface area contributed by atoms with E-state index in [0.29, 0.717) is 10.0 Å². The third-order valence-electron chi connectivity index (χ3n) is 2.23. The van der Waals surface area contributed by atoms with Gasteiger partial charge in [-0.15, -0.1) is 22.7 Å². The predicted molar refractivity (Wildman–Crippen MR) is 75.3 cm³/mol. The summed E-state index contributed by atoms with van der Waals surface area (Å²) in [5.41, 5.74) is 0. The molecule has 0 spiro atoms. The second-order valence-corrected chi connectivity index (χ2v) is 7.68. The molecule has 0 saturated heterocycles. The number of amides is 1. The fourth-order valence-corrected chi connectivity index (χ4v) is 3.81. The molecule has 0 atom stereocenters. The van der Waals surface area contributed by atoms with Crippen LogP contribution in [0.1, 0.15) is 9.67 Å². The first-order valence-electron chi connectivity index (χ1n) is 5.13. The Bertz CT molecular complexity index is 674. The summed E-state index contributed by atoms with van der Waals surface area (Å²) in [4.78, 5) is 16.3. The molecule has 0 aromatic carbocycles. The van der Waals surface area contributed by atoms with Crippen LogP contribution in [0.25, 0.3) is 0 Å². The molecule has 0 unspecified atom stereocenters. The molecule has 0 fully saturated rings. The first kappa shape index (κ1) is 14.1. The van der Waals surface area contributed by atoms with Gasteiger partial charge in [0.25, 0.3) is 5.91 Å². The SMILES string of the molecule is CN(C)S(=O)(=O)c1csc(C(=O)Nc2nccs2)c1. The van der Waals surface area contributed by atoms with E-state index < -0.39 is 10.0 Å². The Kier molecular flexibility index (Phi) is 3.99. The van der Waals surface area contributed by atoms with Crippen molar-refractivity contribution in [2.24, 2.45) is 0 Å². The van der Waals surface area contributed by atoms with Crippen molar-refractivity contribution < 1.29 is 13.2 Å². The third-order valence-corrected chi connectivity index (χ3v) is 5.79. The highest BCUT2D eigenvalue weighted by Gasteiger charge is 2.21. The molecule has 2 heterocycles. The van der Waals surface area contributed by atoms with Crippen molar-refractivity contribution in [3.8, 4) is 0 Å². The number of rotatable bonds is 4. The van der Waals surface area contributed by atoms with Crippen molar-refractivity contribution in [2.45, 2.75) is 4.90 Å². The summed E-state index contributed by atoms with van der Waals surface area (Å²) in [5.74, 6) is -0.361. The van der Waals surface area contributed by atoms with Gasteiger partial charge in [-0.2, -0.15) is 0 Å². The van der Waals surface area contributed by atoms with Gasteiger partial charge in [-0.05, 0) is 6.07 Å². The maximum absolute atomic E-state index is 11.9. The number of nitrogens with one attached hydrogen (secondary N) is 1. The van der Waals surface area contributed by atoms with Gasteiger partial charge in [0.1, 0.15) is 0 Å². The van der Waals surface area contributed by atoms with Crippen LogP contribution in [0.5, 0.6) is 0 Å². The highest BCUT2D eigenvalue weighted by atomic mass is 32.2. The second kappa shape index (κ2) is 5.37. The number of hydrogen-bond acceptors (Lipinski definition) is 6. The molecule has 102 valence electrons. The van der Waals surface area contributed by atoms with Gasteiger partial charge in [0, 0.05) is 31.1 Å². The smallest absolute Gasteiger partial charge is 0.267 e. The summed E-state index contributed by atoms with van der Waals surface area (Å²) < 4.78 is 24.9. The van der Waals surface area contributed by atoms with Gasteiger partial charge in [-0.25, -0.2) is 17.7 Å². The Morgan fingerprint density at radius 2 is 2.11 bits per heavy atom. The minimum absolute atomic E-state index is 0.117. The zero-order chi connectivity index (χ0) is 14.0. The zero-order valence-electron chi connectivity index (χ0n) is 10.2. The number of thiophene rings is 1. The fraction of sp³-hybridized carbons (Fsp3) is 0.200. The summed E-state index contributed by atoms with van der Waals surface area (Å²) in [5, 5.41) is 6.28. The second-order valence-electron chi connectivity index (χ2n) is 3.73. The van der Waals surface area contributed by atoms with Gasteiger partial charge < -0.3 is 0 Å². The molecule has 6 nitrogen and oxygen atoms in total. The highest BCUT2D eigenvalue weighted by Crippen LogP contribution is 2.22. The van der Waals surface area contributed by atoms with Crippen molar-refractivity contribution in [1.82, 2.24) is 9.29 Å². The van der Waals surface area contributed by atoms with Crippen molar-refractivity contribution in [2.75, 3.05) is 19.4 Å². The average molecular weight is 317 g/mol. The molecule has 1 N–H and O–H groups in total. The van der Waals surface area contributed by atoms with E-state index in [2.05, 4.69) is 10.3 Å². The predicted octanol–water partition coefficient (Wildman–Crippen LogP) is 1.71. The molecule has 0 aliphatic heterocycles. The zero-order valence-corrected chi connectivity index (χ0v) is 12.6. The minimum Gasteiger partial charge on any atom is -0.297 e. The van der Waals surface area contributed by atoms with Crippen LogP contribution in [0.15, 0.2) is 27.9 Å². The topological polar surface area (TPSA) is 79.4 Å². The van der Waals surface area contributed by atoms with Crippen LogP contribution in [-0.4, -0.2) is 37.7 Å². The third kappa shape index (κ3) is 3.00. The molecule has 2 rings (SSSR count). The number of thiazole rings is 1. The number of sulfonamides is 1. The van der Waals surface area contributed by atoms with Crippen LogP contribution in [-0.2, 0) is 10.0 Å². The Balaban J connectivity index is 2.20. The van der Waals surface area contributed by atoms with Gasteiger partial charge in [0.2, 0.25) is 10.0 Å². The molecule has 2 aromatic rings. The first-order chi connectivity index (χ1) is 8.91. The molecule has 2 aromatic heterocycles. The molecule has 19 heavy (non-hydrogen) atoms. The van der Waals surface area contributed by atoms with Crippen LogP contribution < -0.4 is 5.32 Å². The van der Waals surface area contributed by atoms with E-state index >= 15 is 0 Å². The number of hydrogen-bond donors (Lipinski definition) is 1. The minimum atomic E-state index is -3.50. The van der Waals surface area contributed by atoms with Crippen molar-refractivity contribution in [3.63, 3.8) is 0 Å². The van der Waals surface area contributed by atoms with Crippen LogP contribution in [0, 0.1) is 0 Å². The molecule has 0 bridgehead atoms. The number of nitrogens with zero attached hydrogens (tertiary/aromatic N) is 2. The standard InChI is InChI=1S/C10H11N3O3S3/c1-13(2)19(15,16)7-5-8(18-6-7)9(14)12-10-11-3-4-17-10/h3-6H,1-2H3,(H,11,12,14). The Morgan fingerprint density at radius 1 is 1.37 bits per heavy atom. The molecular weight excluding hydrogens is 306 g/mol. The molecule has 0 aliphatic rings. The first-order valence-corrected chi connectivity index (χ1v) is 8.33. The van der Waals surface area contributed by atoms with Crippen molar-refractivity contribution >= 4 is 43.7 Å². The Labute approximate surface area is 118 Å². The monoisotopic (exact) mass is 317 g/mol. The average Bonchev–Trinajstić information content (AvgIpc) is 2.98. The van der Waals surface area contributed by atoms with Gasteiger partial charge in [0.15, 0.2) is 5.13 Å². The van der Waals surface area contributed by atoms with Crippen LogP contribution in [0.3, 0.4) is 0 Å². The van der Waals surface area contributed by atoms with Gasteiger partial charge >= 0.3 is 0 Å². The summed E-state index contributed by atoms with van der Waals surface area (Å²) in [6, 6.07) is 1.36. The largest absolute Gasteiger partial charge is 0.297 e. The van der Waals surface area contributed by atoms with Gasteiger partial charge in [-0.3, -0.25) is 10.1 Å². The lowest BCUT2D eigenvalue weighted by Crippen LogP contribution is -2.21. The lowest BCUT2D eigenvalue weighted by molar-refractivity contribution is 0.103. The summed E-state index contributed by atoms with van der Waals surface area (Å²) in [6.07, 6.45) is 1.58. The Hall–Kier alpha value is -1.29. The van der Waals surface area contributed by atoms with E-state index in [1.165, 1.54) is 36.9 Å². The van der Waals surface area contributed by atoms with Crippen LogP contribution in [0.4, 0.5) is 5.13 Å². The van der Waals surface area contributed by atoms with E-state index in [-0.39, 0.29) is 10.8 Å². The number of carbonyl (C=O) groups is 1. The molecular formula is C10H11N3O3S3. The fourth-order valence-electron chi connectivity index (χ4n) is 1.23. The highest BCUT2D eigenvalue weighted by molar-refractivity contribution is 7.89. The van der Waals surface area contributed by atoms with E-state index in [9.17, 15) is 13.2 Å². The van der Waals surface area contributed by atoms with Crippen molar-refractivity contribution in [3.05, 3.63) is 27.9 Å². The van der Waals surface area contributed by atoms with E-state index in [1.807, 2.05) is 0 Å². The summed E-state index contributed by atoms with van der Waals surface area (Å²) >= 11 is 2.38. The molecule has 1 amide bonds. The number of carbonyl (C=O) groups excluding carboxylic acids is 1. The number of anilines is 1. The Morgan fingerprint density at radius 3 is 2.68 bits per heavy atom. The maximum Gasteiger partial charge on any atom is 0.267 e. The van der Waals surface area contributed by atoms with Crippen LogP contribution in [0.2, 0.25) is 0 Å². The van der Waals surface area contributed by atoms with Gasteiger partial charge in [-0.1, -0.05) is 0 Å². The molecule has 9 heteroatoms. The van der Waals surface area contributed by atoms with Gasteiger partial charge in [0.05, 0.1) is 9.77 Å². The lowest BCUT2D eigenvalue weighted by atomic mass is 10.4. The van der Waals surface area contributed by atoms with E-state index in [1.54, 1.807) is 11.6 Å². The van der Waals surface area contributed by atoms with E-state index in [0.717, 1.165) is 15.6 Å². The molecule has 0 radical (unpaired) electrons. The van der Waals surface area contributed by atoms with Crippen molar-refractivity contribution in [1.29, 1.82) is 0 Å². The molecule has 0 saturated carbocycles. The number of aromatic nitrogens is 1. The molecule has 0 aliphatic carbocycles. The lowest BCUT2D eigenvalue weighted by Gasteiger charge is -2.08. The van der Waals surface area contributed by atoms with Crippen LogP contribution >= 0.6 is 22.7 Å². The van der Waals surface area contributed by atoms with E-state index in [4.69, 9.17) is 0 Å². The normalized spacial score (nSPS) is 11.7. The maximum atomic E-state index is 11.9. The quantitative estimate of drug-likeness (QED) is 0.931.